The highest BCUT2D eigenvalue weighted by molar-refractivity contribution is 6.00. The molecule has 0 aliphatic heterocycles. The number of nitrogens with zero attached hydrogens (tertiary/aromatic N) is 6. The first-order valence-corrected chi connectivity index (χ1v) is 11.5. The summed E-state index contributed by atoms with van der Waals surface area (Å²) in [6.07, 6.45) is 9.92. The van der Waals surface area contributed by atoms with E-state index in [9.17, 15) is 14.9 Å². The number of benzene rings is 1. The number of hydrogen-bond acceptors (Lipinski definition) is 8. The third kappa shape index (κ3) is 6.09. The van der Waals surface area contributed by atoms with E-state index >= 15 is 0 Å². The van der Waals surface area contributed by atoms with Crippen molar-refractivity contribution in [1.29, 1.82) is 5.26 Å². The van der Waals surface area contributed by atoms with Crippen LogP contribution in [0.15, 0.2) is 67.5 Å². The molecule has 0 spiro atoms. The molecule has 0 aliphatic rings. The van der Waals surface area contributed by atoms with E-state index in [1.165, 1.54) is 12.1 Å². The molecule has 1 aromatic carbocycles. The second-order valence-corrected chi connectivity index (χ2v) is 8.14. The number of aromatic nitrogens is 4. The van der Waals surface area contributed by atoms with Crippen LogP contribution in [0.1, 0.15) is 23.2 Å². The molecule has 12 heteroatoms. The number of nitrogens with two attached hydrogens (primary N) is 1. The van der Waals surface area contributed by atoms with Crippen molar-refractivity contribution in [2.75, 3.05) is 24.1 Å². The number of nitrogen functional groups attached to an aromatic ring is 1. The van der Waals surface area contributed by atoms with E-state index in [2.05, 4.69) is 20.6 Å². The maximum absolute atomic E-state index is 12.9. The second kappa shape index (κ2) is 11.5. The summed E-state index contributed by atoms with van der Waals surface area (Å²) in [6, 6.07) is 12.7. The van der Waals surface area contributed by atoms with Crippen LogP contribution in [0.4, 0.5) is 17.3 Å². The molecular weight excluding hydrogens is 474 g/mol. The number of nitro groups is 1. The number of carbonyl (C=O) groups is 1. The third-order valence-electron chi connectivity index (χ3n) is 5.63. The van der Waals surface area contributed by atoms with E-state index in [0.29, 0.717) is 30.9 Å². The Morgan fingerprint density at radius 1 is 1.16 bits per heavy atom. The molecule has 0 saturated heterocycles. The summed E-state index contributed by atoms with van der Waals surface area (Å²) in [5.74, 6) is 0.0642. The van der Waals surface area contributed by atoms with Crippen molar-refractivity contribution in [1.82, 2.24) is 24.4 Å². The zero-order valence-electron chi connectivity index (χ0n) is 19.9. The van der Waals surface area contributed by atoms with Crippen molar-refractivity contribution in [2.45, 2.75) is 19.4 Å². The zero-order chi connectivity index (χ0) is 26.2. The minimum absolute atomic E-state index is 0.142. The monoisotopic (exact) mass is 499 g/mol. The molecule has 3 aromatic heterocycles. The zero-order valence-corrected chi connectivity index (χ0v) is 19.9. The van der Waals surface area contributed by atoms with Crippen molar-refractivity contribution in [3.63, 3.8) is 0 Å². The number of aryl methyl sites for hydroxylation is 1. The fourth-order valence-corrected chi connectivity index (χ4v) is 3.80. The van der Waals surface area contributed by atoms with E-state index in [4.69, 9.17) is 11.0 Å². The van der Waals surface area contributed by atoms with Crippen LogP contribution in [0, 0.1) is 21.4 Å². The number of rotatable bonds is 11. The van der Waals surface area contributed by atoms with Crippen LogP contribution in [-0.4, -0.2) is 43.0 Å². The fourth-order valence-electron chi connectivity index (χ4n) is 3.80. The summed E-state index contributed by atoms with van der Waals surface area (Å²) in [4.78, 5) is 31.3. The van der Waals surface area contributed by atoms with Gasteiger partial charge in [-0.3, -0.25) is 14.9 Å². The second-order valence-electron chi connectivity index (χ2n) is 8.14. The molecule has 0 aliphatic carbocycles. The smallest absolute Gasteiger partial charge is 0.311 e. The average Bonchev–Trinajstić information content (AvgIpc) is 3.57. The molecule has 0 fully saturated rings. The first-order chi connectivity index (χ1) is 18.0. The van der Waals surface area contributed by atoms with Gasteiger partial charge >= 0.3 is 5.69 Å². The molecule has 0 unspecified atom stereocenters. The first kappa shape index (κ1) is 24.9. The Bertz CT molecular complexity index is 1420. The van der Waals surface area contributed by atoms with Gasteiger partial charge in [0, 0.05) is 61.7 Å². The molecular formula is C25H25N9O3. The number of carbonyl (C=O) groups excluding carboxylic acids is 1. The van der Waals surface area contributed by atoms with Crippen LogP contribution in [0.2, 0.25) is 0 Å². The Balaban J connectivity index is 1.46. The van der Waals surface area contributed by atoms with Gasteiger partial charge in [0.05, 0.1) is 29.3 Å². The van der Waals surface area contributed by atoms with Gasteiger partial charge in [0.25, 0.3) is 5.91 Å². The van der Waals surface area contributed by atoms with Gasteiger partial charge in [-0.2, -0.15) is 5.26 Å². The third-order valence-corrected chi connectivity index (χ3v) is 5.63. The Hall–Kier alpha value is -5.18. The Morgan fingerprint density at radius 2 is 1.97 bits per heavy atom. The lowest BCUT2D eigenvalue weighted by molar-refractivity contribution is -0.384. The normalized spacial score (nSPS) is 10.6. The van der Waals surface area contributed by atoms with Gasteiger partial charge in [-0.25, -0.2) is 9.97 Å². The number of nitriles is 1. The van der Waals surface area contributed by atoms with Gasteiger partial charge in [-0.15, -0.1) is 0 Å². The molecule has 0 bridgehead atoms. The molecule has 1 amide bonds. The van der Waals surface area contributed by atoms with Crippen LogP contribution in [0.3, 0.4) is 0 Å². The standard InChI is InChI=1S/C25H25N9O3/c26-9-1-10-30-25(35)21-16-32(13-2-11-29-23-8-7-22(34(36)37)24(27)31-23)15-20(21)18-3-5-19(6-4-18)33-14-12-28-17-33/h3-8,12,14-17H,1-2,10-11,13H2,(H,30,35)(H3,27,29,31). The molecule has 4 rings (SSSR count). The largest absolute Gasteiger partial charge is 0.378 e. The van der Waals surface area contributed by atoms with Gasteiger partial charge in [0.2, 0.25) is 5.82 Å². The summed E-state index contributed by atoms with van der Waals surface area (Å²) in [6.45, 7) is 1.43. The molecule has 0 radical (unpaired) electrons. The van der Waals surface area contributed by atoms with Crippen LogP contribution >= 0.6 is 0 Å². The van der Waals surface area contributed by atoms with Crippen molar-refractivity contribution < 1.29 is 9.72 Å². The molecule has 37 heavy (non-hydrogen) atoms. The number of hydrogen-bond donors (Lipinski definition) is 3. The number of amides is 1. The van der Waals surface area contributed by atoms with E-state index in [1.807, 2.05) is 51.9 Å². The average molecular weight is 500 g/mol. The van der Waals surface area contributed by atoms with Crippen molar-refractivity contribution in [3.05, 3.63) is 83.2 Å². The van der Waals surface area contributed by atoms with Gasteiger partial charge < -0.3 is 25.5 Å². The number of nitrogens with one attached hydrogen (secondary N) is 2. The van der Waals surface area contributed by atoms with E-state index in [1.54, 1.807) is 18.7 Å². The minimum Gasteiger partial charge on any atom is -0.378 e. The highest BCUT2D eigenvalue weighted by atomic mass is 16.6. The Labute approximate surface area is 212 Å². The van der Waals surface area contributed by atoms with E-state index < -0.39 is 4.92 Å². The molecule has 4 N–H and O–H groups in total. The van der Waals surface area contributed by atoms with E-state index in [-0.39, 0.29) is 30.4 Å². The predicted molar refractivity (Wildman–Crippen MR) is 138 cm³/mol. The maximum atomic E-state index is 12.9. The highest BCUT2D eigenvalue weighted by Gasteiger charge is 2.16. The fraction of sp³-hybridized carbons (Fsp3) is 0.200. The van der Waals surface area contributed by atoms with Crippen LogP contribution in [-0.2, 0) is 6.54 Å². The van der Waals surface area contributed by atoms with Crippen LogP contribution in [0.5, 0.6) is 0 Å². The molecule has 0 atom stereocenters. The molecule has 188 valence electrons. The predicted octanol–water partition coefficient (Wildman–Crippen LogP) is 3.37. The number of anilines is 2. The summed E-state index contributed by atoms with van der Waals surface area (Å²) >= 11 is 0. The lowest BCUT2D eigenvalue weighted by Crippen LogP contribution is -2.24. The van der Waals surface area contributed by atoms with E-state index in [0.717, 1.165) is 16.8 Å². The van der Waals surface area contributed by atoms with Crippen molar-refractivity contribution in [2.24, 2.45) is 0 Å². The summed E-state index contributed by atoms with van der Waals surface area (Å²) < 4.78 is 3.84. The van der Waals surface area contributed by atoms with Gasteiger partial charge in [-0.05, 0) is 30.2 Å². The molecule has 0 saturated carbocycles. The number of imidazole rings is 1. The minimum atomic E-state index is -0.574. The summed E-state index contributed by atoms with van der Waals surface area (Å²) in [7, 11) is 0. The van der Waals surface area contributed by atoms with Gasteiger partial charge in [-0.1, -0.05) is 12.1 Å². The highest BCUT2D eigenvalue weighted by Crippen LogP contribution is 2.27. The topological polar surface area (TPSA) is 170 Å². The summed E-state index contributed by atoms with van der Waals surface area (Å²) in [5.41, 5.74) is 8.55. The molecule has 3 heterocycles. The maximum Gasteiger partial charge on any atom is 0.311 e. The SMILES string of the molecule is N#CCCNC(=O)c1cn(CCCNc2ccc([N+](=O)[O-])c(N)n2)cc1-c1ccc(-n2ccnc2)cc1. The van der Waals surface area contributed by atoms with Crippen molar-refractivity contribution in [3.8, 4) is 22.9 Å². The Kier molecular flexibility index (Phi) is 7.75. The van der Waals surface area contributed by atoms with Gasteiger partial charge in [0.1, 0.15) is 5.82 Å². The lowest BCUT2D eigenvalue weighted by atomic mass is 10.0. The molecule has 12 nitrogen and oxygen atoms in total. The number of pyridine rings is 1. The molecule has 4 aromatic rings. The van der Waals surface area contributed by atoms with Crippen LogP contribution in [0.25, 0.3) is 16.8 Å². The van der Waals surface area contributed by atoms with Crippen LogP contribution < -0.4 is 16.4 Å². The first-order valence-electron chi connectivity index (χ1n) is 11.5. The Morgan fingerprint density at radius 3 is 2.65 bits per heavy atom. The lowest BCUT2D eigenvalue weighted by Gasteiger charge is -2.07. The van der Waals surface area contributed by atoms with Gasteiger partial charge in [0.15, 0.2) is 0 Å². The summed E-state index contributed by atoms with van der Waals surface area (Å²) in [5, 5.41) is 25.6. The quantitative estimate of drug-likeness (QED) is 0.160. The van der Waals surface area contributed by atoms with Crippen molar-refractivity contribution >= 4 is 23.2 Å².